The van der Waals surface area contributed by atoms with Crippen molar-refractivity contribution in [1.29, 1.82) is 0 Å². The fourth-order valence-electron chi connectivity index (χ4n) is 2.15. The number of pyridine rings is 1. The van der Waals surface area contributed by atoms with Crippen LogP contribution >= 0.6 is 15.9 Å². The van der Waals surface area contributed by atoms with Crippen molar-refractivity contribution in [3.05, 3.63) is 22.1 Å². The van der Waals surface area contributed by atoms with Crippen molar-refractivity contribution in [2.24, 2.45) is 0 Å². The van der Waals surface area contributed by atoms with E-state index >= 15 is 0 Å². The van der Waals surface area contributed by atoms with Gasteiger partial charge in [-0.25, -0.2) is 9.61 Å². The number of fused-ring (bicyclic) bond motifs is 1. The first-order valence-corrected chi connectivity index (χ1v) is 6.73. The topological polar surface area (TPSA) is 69.6 Å². The van der Waals surface area contributed by atoms with Crippen molar-refractivity contribution in [2.75, 3.05) is 0 Å². The quantitative estimate of drug-likeness (QED) is 0.725. The molecule has 3 aromatic heterocycles. The first kappa shape index (κ1) is 12.3. The van der Waals surface area contributed by atoms with Gasteiger partial charge >= 0.3 is 0 Å². The molecule has 98 valence electrons. The maximum absolute atomic E-state index is 4.77. The molecule has 0 N–H and O–H groups in total. The molecule has 0 aliphatic carbocycles. The summed E-state index contributed by atoms with van der Waals surface area (Å²) in [5.74, 6) is 0.757. The van der Waals surface area contributed by atoms with Gasteiger partial charge in [0.1, 0.15) is 11.2 Å². The lowest BCUT2D eigenvalue weighted by Gasteiger charge is -2.05. The van der Waals surface area contributed by atoms with Crippen molar-refractivity contribution in [3.8, 4) is 11.5 Å². The Morgan fingerprint density at radius 2 is 2.05 bits per heavy atom. The van der Waals surface area contributed by atoms with E-state index in [1.54, 1.807) is 6.20 Å². The van der Waals surface area contributed by atoms with Crippen LogP contribution in [-0.4, -0.2) is 24.8 Å². The van der Waals surface area contributed by atoms with E-state index < -0.39 is 0 Å². The molecule has 7 heteroatoms. The maximum Gasteiger partial charge on any atom is 0.173 e. The summed E-state index contributed by atoms with van der Waals surface area (Å²) in [7, 11) is 0. The highest BCUT2D eigenvalue weighted by Crippen LogP contribution is 2.30. The molecule has 6 nitrogen and oxygen atoms in total. The minimum Gasteiger partial charge on any atom is -0.322 e. The Balaban J connectivity index is 2.41. The lowest BCUT2D eigenvalue weighted by atomic mass is 10.3. The average molecular weight is 322 g/mol. The number of rotatable bonds is 2. The van der Waals surface area contributed by atoms with E-state index in [1.165, 1.54) is 0 Å². The number of imidazole rings is 1. The van der Waals surface area contributed by atoms with Gasteiger partial charge < -0.3 is 4.57 Å². The zero-order chi connectivity index (χ0) is 13.6. The van der Waals surface area contributed by atoms with Crippen LogP contribution < -0.4 is 0 Å². The first-order chi connectivity index (χ1) is 9.13. The van der Waals surface area contributed by atoms with Crippen molar-refractivity contribution in [2.45, 2.75) is 27.3 Å². The molecule has 0 aliphatic heterocycles. The molecule has 0 aliphatic rings. The van der Waals surface area contributed by atoms with Crippen LogP contribution in [0.25, 0.3) is 22.6 Å². The Bertz CT molecular complexity index is 761. The Morgan fingerprint density at radius 1 is 1.26 bits per heavy atom. The summed E-state index contributed by atoms with van der Waals surface area (Å²) < 4.78 is 7.78. The number of aryl methyl sites for hydroxylation is 3. The van der Waals surface area contributed by atoms with Gasteiger partial charge in [-0.15, -0.1) is 0 Å². The maximum atomic E-state index is 4.77. The third-order valence-electron chi connectivity index (χ3n) is 3.09. The van der Waals surface area contributed by atoms with Crippen LogP contribution in [0.3, 0.4) is 0 Å². The molecular weight excluding hydrogens is 310 g/mol. The first-order valence-electron chi connectivity index (χ1n) is 5.94. The second-order valence-electron chi connectivity index (χ2n) is 4.27. The number of nitrogens with zero attached hydrogens (tertiary/aromatic N) is 5. The summed E-state index contributed by atoms with van der Waals surface area (Å²) in [5, 5.41) is 7.76. The Labute approximate surface area is 117 Å². The van der Waals surface area contributed by atoms with Crippen LogP contribution in [0, 0.1) is 13.8 Å². The molecule has 0 spiro atoms. The highest BCUT2D eigenvalue weighted by atomic mass is 79.9. The molecule has 3 rings (SSSR count). The Morgan fingerprint density at radius 3 is 2.68 bits per heavy atom. The lowest BCUT2D eigenvalue weighted by molar-refractivity contribution is 0.305. The molecule has 3 aromatic rings. The van der Waals surface area contributed by atoms with Crippen molar-refractivity contribution < 1.29 is 4.63 Å². The Hall–Kier alpha value is -1.76. The van der Waals surface area contributed by atoms with E-state index in [0.29, 0.717) is 5.69 Å². The summed E-state index contributed by atoms with van der Waals surface area (Å²) in [6.45, 7) is 6.64. The molecule has 0 bridgehead atoms. The standard InChI is InChI=1S/C12H12BrN5O/c1-4-18-11-8(13)5-14-6(2)9(11)15-12(18)10-7(3)16-19-17-10/h5H,4H2,1-3H3. The average Bonchev–Trinajstić information content (AvgIpc) is 2.97. The highest BCUT2D eigenvalue weighted by molar-refractivity contribution is 9.10. The molecule has 0 radical (unpaired) electrons. The van der Waals surface area contributed by atoms with Crippen LogP contribution in [0.1, 0.15) is 18.3 Å². The van der Waals surface area contributed by atoms with E-state index in [-0.39, 0.29) is 0 Å². The summed E-state index contributed by atoms with van der Waals surface area (Å²) in [5.41, 5.74) is 4.18. The summed E-state index contributed by atoms with van der Waals surface area (Å²) in [6.07, 6.45) is 1.79. The molecular formula is C12H12BrN5O. The largest absolute Gasteiger partial charge is 0.322 e. The number of hydrogen-bond acceptors (Lipinski definition) is 5. The molecule has 0 saturated heterocycles. The van der Waals surface area contributed by atoms with Gasteiger partial charge in [0, 0.05) is 12.7 Å². The monoisotopic (exact) mass is 321 g/mol. The van der Waals surface area contributed by atoms with Crippen LogP contribution in [0.2, 0.25) is 0 Å². The van der Waals surface area contributed by atoms with Gasteiger partial charge in [0.05, 0.1) is 15.7 Å². The second-order valence-corrected chi connectivity index (χ2v) is 5.12. The van der Waals surface area contributed by atoms with Gasteiger partial charge in [-0.1, -0.05) is 5.16 Å². The van der Waals surface area contributed by atoms with Crippen LogP contribution in [0.4, 0.5) is 0 Å². The molecule has 0 amide bonds. The zero-order valence-electron chi connectivity index (χ0n) is 10.8. The molecule has 0 aromatic carbocycles. The number of aromatic nitrogens is 5. The van der Waals surface area contributed by atoms with E-state index in [2.05, 4.69) is 47.7 Å². The number of halogens is 1. The van der Waals surface area contributed by atoms with Gasteiger partial charge in [0.25, 0.3) is 0 Å². The summed E-state index contributed by atoms with van der Waals surface area (Å²) in [6, 6.07) is 0. The van der Waals surface area contributed by atoms with Crippen molar-refractivity contribution in [1.82, 2.24) is 24.8 Å². The zero-order valence-corrected chi connectivity index (χ0v) is 12.4. The van der Waals surface area contributed by atoms with E-state index in [9.17, 15) is 0 Å². The van der Waals surface area contributed by atoms with E-state index in [4.69, 9.17) is 4.63 Å². The summed E-state index contributed by atoms with van der Waals surface area (Å²) >= 11 is 3.54. The van der Waals surface area contributed by atoms with Gasteiger partial charge in [0.2, 0.25) is 0 Å². The molecule has 0 fully saturated rings. The number of hydrogen-bond donors (Lipinski definition) is 0. The van der Waals surface area contributed by atoms with Gasteiger partial charge in [0.15, 0.2) is 11.5 Å². The SMILES string of the molecule is CCn1c(-c2nonc2C)nc2c(C)ncc(Br)c21. The van der Waals surface area contributed by atoms with Crippen LogP contribution in [-0.2, 0) is 6.54 Å². The van der Waals surface area contributed by atoms with Crippen molar-refractivity contribution >= 4 is 27.0 Å². The molecule has 3 heterocycles. The third kappa shape index (κ3) is 1.76. The predicted molar refractivity (Wildman–Crippen MR) is 73.7 cm³/mol. The smallest absolute Gasteiger partial charge is 0.173 e. The van der Waals surface area contributed by atoms with Gasteiger partial charge in [-0.05, 0) is 41.9 Å². The van der Waals surface area contributed by atoms with E-state index in [1.807, 2.05) is 13.8 Å². The minimum absolute atomic E-state index is 0.671. The normalized spacial score (nSPS) is 11.4. The molecule has 0 unspecified atom stereocenters. The van der Waals surface area contributed by atoms with Crippen molar-refractivity contribution in [3.63, 3.8) is 0 Å². The summed E-state index contributed by atoms with van der Waals surface area (Å²) in [4.78, 5) is 8.97. The lowest BCUT2D eigenvalue weighted by Crippen LogP contribution is -1.99. The predicted octanol–water partition coefficient (Wildman–Crippen LogP) is 2.88. The molecule has 0 atom stereocenters. The van der Waals surface area contributed by atoms with E-state index in [0.717, 1.165) is 39.3 Å². The molecule has 19 heavy (non-hydrogen) atoms. The van der Waals surface area contributed by atoms with Gasteiger partial charge in [-0.2, -0.15) is 0 Å². The second kappa shape index (κ2) is 4.41. The highest BCUT2D eigenvalue weighted by Gasteiger charge is 2.20. The molecule has 0 saturated carbocycles. The third-order valence-corrected chi connectivity index (χ3v) is 3.67. The van der Waals surface area contributed by atoms with Gasteiger partial charge in [-0.3, -0.25) is 4.98 Å². The fraction of sp³-hybridized carbons (Fsp3) is 0.333. The fourth-order valence-corrected chi connectivity index (χ4v) is 2.65. The Kier molecular flexibility index (Phi) is 2.85. The van der Waals surface area contributed by atoms with Crippen LogP contribution in [0.15, 0.2) is 15.3 Å². The minimum atomic E-state index is 0.671. The van der Waals surface area contributed by atoms with Crippen LogP contribution in [0.5, 0.6) is 0 Å².